The van der Waals surface area contributed by atoms with Crippen LogP contribution in [0.25, 0.3) is 11.1 Å². The number of benzene rings is 1. The lowest BCUT2D eigenvalue weighted by Gasteiger charge is -2.16. The van der Waals surface area contributed by atoms with Crippen LogP contribution in [-0.2, 0) is 10.2 Å². The molecule has 0 fully saturated rings. The molecule has 3 heteroatoms. The van der Waals surface area contributed by atoms with Crippen LogP contribution in [0.1, 0.15) is 25.1 Å². The van der Waals surface area contributed by atoms with Crippen LogP contribution in [0.4, 0.5) is 5.69 Å². The predicted octanol–water partition coefficient (Wildman–Crippen LogP) is 3.31. The van der Waals surface area contributed by atoms with Gasteiger partial charge in [-0.2, -0.15) is 0 Å². The molecule has 0 radical (unpaired) electrons. The molecule has 3 rings (SSSR count). The molecular formula is C17H18N2O. The van der Waals surface area contributed by atoms with Gasteiger partial charge in [0.2, 0.25) is 5.91 Å². The first-order chi connectivity index (χ1) is 9.41. The molecule has 0 saturated heterocycles. The van der Waals surface area contributed by atoms with Crippen LogP contribution in [0.3, 0.4) is 0 Å². The molecule has 2 aromatic rings. The van der Waals surface area contributed by atoms with Crippen LogP contribution in [0.2, 0.25) is 0 Å². The van der Waals surface area contributed by atoms with E-state index in [1.807, 2.05) is 40.1 Å². The largest absolute Gasteiger partial charge is 0.314 e. The lowest BCUT2D eigenvalue weighted by molar-refractivity contribution is -0.121. The van der Waals surface area contributed by atoms with E-state index in [4.69, 9.17) is 0 Å². The van der Waals surface area contributed by atoms with Gasteiger partial charge in [-0.05, 0) is 55.7 Å². The zero-order chi connectivity index (χ0) is 14.5. The number of hydrogen-bond acceptors (Lipinski definition) is 2. The number of pyridine rings is 1. The molecular weight excluding hydrogens is 248 g/mol. The molecule has 0 spiro atoms. The number of anilines is 1. The minimum absolute atomic E-state index is 0.149. The van der Waals surface area contributed by atoms with Gasteiger partial charge in [0.1, 0.15) is 0 Å². The van der Waals surface area contributed by atoms with E-state index in [0.717, 1.165) is 28.1 Å². The SMILES string of the molecule is Cc1cc(-c2ccc3c(c2)N(C)C(=O)C3(C)C)ccn1. The van der Waals surface area contributed by atoms with Crippen molar-refractivity contribution >= 4 is 11.6 Å². The fourth-order valence-electron chi connectivity index (χ4n) is 2.89. The number of fused-ring (bicyclic) bond motifs is 1. The summed E-state index contributed by atoms with van der Waals surface area (Å²) < 4.78 is 0. The van der Waals surface area contributed by atoms with Gasteiger partial charge < -0.3 is 4.90 Å². The van der Waals surface area contributed by atoms with Gasteiger partial charge in [0.25, 0.3) is 0 Å². The van der Waals surface area contributed by atoms with Crippen molar-refractivity contribution in [2.75, 3.05) is 11.9 Å². The predicted molar refractivity (Wildman–Crippen MR) is 80.8 cm³/mol. The van der Waals surface area contributed by atoms with E-state index in [1.54, 1.807) is 4.90 Å². The number of carbonyl (C=O) groups excluding carboxylic acids is 1. The lowest BCUT2D eigenvalue weighted by Crippen LogP contribution is -2.33. The Morgan fingerprint density at radius 2 is 1.80 bits per heavy atom. The van der Waals surface area contributed by atoms with Crippen LogP contribution in [0, 0.1) is 6.92 Å². The minimum Gasteiger partial charge on any atom is -0.314 e. The average Bonchev–Trinajstić information content (AvgIpc) is 2.60. The smallest absolute Gasteiger partial charge is 0.236 e. The molecule has 20 heavy (non-hydrogen) atoms. The highest BCUT2D eigenvalue weighted by Crippen LogP contribution is 2.42. The second-order valence-corrected chi connectivity index (χ2v) is 5.91. The number of likely N-dealkylation sites (N-methyl/N-ethyl adjacent to an activating group) is 1. The molecule has 3 nitrogen and oxygen atoms in total. The van der Waals surface area contributed by atoms with E-state index in [0.29, 0.717) is 0 Å². The second kappa shape index (κ2) is 4.17. The summed E-state index contributed by atoms with van der Waals surface area (Å²) in [6.07, 6.45) is 1.82. The highest BCUT2D eigenvalue weighted by atomic mass is 16.2. The molecule has 0 N–H and O–H groups in total. The monoisotopic (exact) mass is 266 g/mol. The molecule has 0 bridgehead atoms. The van der Waals surface area contributed by atoms with Gasteiger partial charge in [0, 0.05) is 24.6 Å². The van der Waals surface area contributed by atoms with E-state index in [9.17, 15) is 4.79 Å². The van der Waals surface area contributed by atoms with Gasteiger partial charge in [0.15, 0.2) is 0 Å². The van der Waals surface area contributed by atoms with Crippen LogP contribution < -0.4 is 4.90 Å². The fourth-order valence-corrected chi connectivity index (χ4v) is 2.89. The van der Waals surface area contributed by atoms with Crippen molar-refractivity contribution in [3.8, 4) is 11.1 Å². The Kier molecular flexibility index (Phi) is 2.68. The Hall–Kier alpha value is -2.16. The van der Waals surface area contributed by atoms with Crippen LogP contribution in [-0.4, -0.2) is 17.9 Å². The van der Waals surface area contributed by atoms with Crippen molar-refractivity contribution in [3.05, 3.63) is 47.8 Å². The standard InChI is InChI=1S/C17H18N2O/c1-11-9-13(7-8-18-11)12-5-6-14-15(10-12)19(4)16(20)17(14,2)3/h5-10H,1-4H3. The van der Waals surface area contributed by atoms with Crippen molar-refractivity contribution in [2.24, 2.45) is 0 Å². The van der Waals surface area contributed by atoms with Gasteiger partial charge in [0.05, 0.1) is 5.41 Å². The van der Waals surface area contributed by atoms with E-state index in [2.05, 4.69) is 29.2 Å². The number of aromatic nitrogens is 1. The fraction of sp³-hybridized carbons (Fsp3) is 0.294. The van der Waals surface area contributed by atoms with Gasteiger partial charge in [-0.3, -0.25) is 9.78 Å². The molecule has 1 aromatic heterocycles. The second-order valence-electron chi connectivity index (χ2n) is 5.91. The highest BCUT2D eigenvalue weighted by Gasteiger charge is 2.42. The first kappa shape index (κ1) is 12.9. The van der Waals surface area contributed by atoms with Gasteiger partial charge in [-0.25, -0.2) is 0 Å². The Bertz CT molecular complexity index is 704. The highest BCUT2D eigenvalue weighted by molar-refractivity contribution is 6.07. The summed E-state index contributed by atoms with van der Waals surface area (Å²) in [5.41, 5.74) is 4.91. The van der Waals surface area contributed by atoms with Crippen LogP contribution >= 0.6 is 0 Å². The van der Waals surface area contributed by atoms with Crippen molar-refractivity contribution in [2.45, 2.75) is 26.2 Å². The maximum Gasteiger partial charge on any atom is 0.236 e. The quantitative estimate of drug-likeness (QED) is 0.793. The van der Waals surface area contributed by atoms with Crippen molar-refractivity contribution in [1.82, 2.24) is 4.98 Å². The van der Waals surface area contributed by atoms with E-state index in [1.165, 1.54) is 0 Å². The van der Waals surface area contributed by atoms with E-state index >= 15 is 0 Å². The molecule has 1 aromatic carbocycles. The van der Waals surface area contributed by atoms with Crippen molar-refractivity contribution < 1.29 is 4.79 Å². The van der Waals surface area contributed by atoms with Crippen molar-refractivity contribution in [3.63, 3.8) is 0 Å². The molecule has 0 atom stereocenters. The summed E-state index contributed by atoms with van der Waals surface area (Å²) in [5.74, 6) is 0.149. The molecule has 1 aliphatic rings. The summed E-state index contributed by atoms with van der Waals surface area (Å²) in [7, 11) is 1.84. The van der Waals surface area contributed by atoms with Gasteiger partial charge >= 0.3 is 0 Å². The molecule has 0 saturated carbocycles. The van der Waals surface area contributed by atoms with Gasteiger partial charge in [-0.1, -0.05) is 12.1 Å². The van der Waals surface area contributed by atoms with Crippen LogP contribution in [0.5, 0.6) is 0 Å². The number of aryl methyl sites for hydroxylation is 1. The Morgan fingerprint density at radius 1 is 1.10 bits per heavy atom. The molecule has 102 valence electrons. The van der Waals surface area contributed by atoms with Crippen LogP contribution in [0.15, 0.2) is 36.5 Å². The topological polar surface area (TPSA) is 33.2 Å². The first-order valence-corrected chi connectivity index (χ1v) is 6.77. The van der Waals surface area contributed by atoms with Crippen molar-refractivity contribution in [1.29, 1.82) is 0 Å². The number of carbonyl (C=O) groups is 1. The molecule has 1 aliphatic heterocycles. The molecule has 1 amide bonds. The first-order valence-electron chi connectivity index (χ1n) is 6.77. The Labute approximate surface area is 119 Å². The Balaban J connectivity index is 2.14. The third-order valence-electron chi connectivity index (χ3n) is 4.10. The summed E-state index contributed by atoms with van der Waals surface area (Å²) in [6.45, 7) is 5.94. The molecule has 0 unspecified atom stereocenters. The van der Waals surface area contributed by atoms with E-state index < -0.39 is 5.41 Å². The Morgan fingerprint density at radius 3 is 2.50 bits per heavy atom. The summed E-state index contributed by atoms with van der Waals surface area (Å²) >= 11 is 0. The normalized spacial score (nSPS) is 16.4. The summed E-state index contributed by atoms with van der Waals surface area (Å²) in [5, 5.41) is 0. The zero-order valence-electron chi connectivity index (χ0n) is 12.3. The molecule has 0 aliphatic carbocycles. The lowest BCUT2D eigenvalue weighted by atomic mass is 9.85. The average molecular weight is 266 g/mol. The number of amides is 1. The third-order valence-corrected chi connectivity index (χ3v) is 4.10. The number of rotatable bonds is 1. The maximum atomic E-state index is 12.3. The zero-order valence-corrected chi connectivity index (χ0v) is 12.3. The molecule has 2 heterocycles. The number of hydrogen-bond donors (Lipinski definition) is 0. The summed E-state index contributed by atoms with van der Waals surface area (Å²) in [6, 6.07) is 10.3. The maximum absolute atomic E-state index is 12.3. The third kappa shape index (κ3) is 1.73. The summed E-state index contributed by atoms with van der Waals surface area (Å²) in [4.78, 5) is 18.3. The minimum atomic E-state index is -0.434. The van der Waals surface area contributed by atoms with Gasteiger partial charge in [-0.15, -0.1) is 0 Å². The number of nitrogens with zero attached hydrogens (tertiary/aromatic N) is 2. The van der Waals surface area contributed by atoms with E-state index in [-0.39, 0.29) is 5.91 Å².